The fraction of sp³-hybridized carbons (Fsp3) is 0.167. The van der Waals surface area contributed by atoms with E-state index in [4.69, 9.17) is 25.5 Å². The standard InChI is InChI=1S/C18H15ClN2O4/c1-11(24-18(22)14-5-3-4-6-15(14)19)16-20-21-17(25-16)12-7-9-13(23-2)10-8-12/h3-11H,1-2H3. The summed E-state index contributed by atoms with van der Waals surface area (Å²) < 4.78 is 16.1. The maximum absolute atomic E-state index is 12.2. The normalized spacial score (nSPS) is 11.8. The van der Waals surface area contributed by atoms with E-state index in [0.29, 0.717) is 10.9 Å². The lowest BCUT2D eigenvalue weighted by Crippen LogP contribution is -2.10. The fourth-order valence-electron chi connectivity index (χ4n) is 2.15. The third-order valence-corrected chi connectivity index (χ3v) is 3.83. The molecular weight excluding hydrogens is 344 g/mol. The van der Waals surface area contributed by atoms with Gasteiger partial charge in [0.15, 0.2) is 6.10 Å². The molecule has 0 radical (unpaired) electrons. The van der Waals surface area contributed by atoms with Gasteiger partial charge in [-0.1, -0.05) is 23.7 Å². The zero-order chi connectivity index (χ0) is 17.8. The van der Waals surface area contributed by atoms with Crippen molar-refractivity contribution in [3.05, 3.63) is 65.0 Å². The van der Waals surface area contributed by atoms with Crippen molar-refractivity contribution in [2.24, 2.45) is 0 Å². The lowest BCUT2D eigenvalue weighted by molar-refractivity contribution is 0.0280. The van der Waals surface area contributed by atoms with E-state index in [1.54, 1.807) is 62.6 Å². The minimum Gasteiger partial charge on any atom is -0.497 e. The van der Waals surface area contributed by atoms with Gasteiger partial charge in [-0.3, -0.25) is 0 Å². The van der Waals surface area contributed by atoms with E-state index < -0.39 is 12.1 Å². The van der Waals surface area contributed by atoms with E-state index in [0.717, 1.165) is 11.3 Å². The molecule has 1 aromatic heterocycles. The number of carbonyl (C=O) groups excluding carboxylic acids is 1. The minimum absolute atomic E-state index is 0.200. The summed E-state index contributed by atoms with van der Waals surface area (Å²) in [4.78, 5) is 12.2. The van der Waals surface area contributed by atoms with Crippen molar-refractivity contribution >= 4 is 17.6 Å². The second-order valence-electron chi connectivity index (χ2n) is 5.20. The summed E-state index contributed by atoms with van der Waals surface area (Å²) in [5.74, 6) is 0.706. The van der Waals surface area contributed by atoms with Crippen molar-refractivity contribution in [2.75, 3.05) is 7.11 Å². The van der Waals surface area contributed by atoms with Gasteiger partial charge < -0.3 is 13.9 Å². The van der Waals surface area contributed by atoms with Crippen LogP contribution in [0.25, 0.3) is 11.5 Å². The first-order valence-electron chi connectivity index (χ1n) is 7.52. The molecule has 7 heteroatoms. The number of esters is 1. The number of hydrogen-bond acceptors (Lipinski definition) is 6. The number of ether oxygens (including phenoxy) is 2. The Morgan fingerprint density at radius 2 is 1.84 bits per heavy atom. The molecule has 1 unspecified atom stereocenters. The van der Waals surface area contributed by atoms with Gasteiger partial charge in [0.05, 0.1) is 17.7 Å². The number of rotatable bonds is 5. The summed E-state index contributed by atoms with van der Waals surface area (Å²) in [5.41, 5.74) is 1.02. The molecule has 0 saturated carbocycles. The maximum Gasteiger partial charge on any atom is 0.340 e. The Labute approximate surface area is 149 Å². The molecule has 25 heavy (non-hydrogen) atoms. The van der Waals surface area contributed by atoms with Gasteiger partial charge in [0.2, 0.25) is 5.89 Å². The molecule has 0 aliphatic carbocycles. The van der Waals surface area contributed by atoms with Crippen LogP contribution in [-0.4, -0.2) is 23.3 Å². The van der Waals surface area contributed by atoms with Crippen LogP contribution >= 0.6 is 11.6 Å². The Kier molecular flexibility index (Phi) is 5.00. The highest BCUT2D eigenvalue weighted by Gasteiger charge is 2.21. The molecular formula is C18H15ClN2O4. The van der Waals surface area contributed by atoms with Crippen LogP contribution in [0.4, 0.5) is 0 Å². The molecule has 0 aliphatic rings. The maximum atomic E-state index is 12.2. The number of methoxy groups -OCH3 is 1. The van der Waals surface area contributed by atoms with Gasteiger partial charge in [-0.05, 0) is 43.3 Å². The van der Waals surface area contributed by atoms with Crippen LogP contribution in [-0.2, 0) is 4.74 Å². The Balaban J connectivity index is 1.73. The Bertz CT molecular complexity index is 877. The minimum atomic E-state index is -0.705. The van der Waals surface area contributed by atoms with Crippen molar-refractivity contribution in [3.63, 3.8) is 0 Å². The average molecular weight is 359 g/mol. The number of hydrogen-bond donors (Lipinski definition) is 0. The first kappa shape index (κ1) is 17.0. The molecule has 2 aromatic carbocycles. The lowest BCUT2D eigenvalue weighted by Gasteiger charge is -2.10. The quantitative estimate of drug-likeness (QED) is 0.632. The van der Waals surface area contributed by atoms with Crippen LogP contribution in [0.2, 0.25) is 5.02 Å². The number of halogens is 1. The van der Waals surface area contributed by atoms with Crippen molar-refractivity contribution in [1.29, 1.82) is 0 Å². The van der Waals surface area contributed by atoms with Crippen molar-refractivity contribution in [1.82, 2.24) is 10.2 Å². The molecule has 0 amide bonds. The van der Waals surface area contributed by atoms with Gasteiger partial charge >= 0.3 is 5.97 Å². The summed E-state index contributed by atoms with van der Waals surface area (Å²) >= 11 is 5.99. The highest BCUT2D eigenvalue weighted by molar-refractivity contribution is 6.33. The summed E-state index contributed by atoms with van der Waals surface area (Å²) in [7, 11) is 1.59. The zero-order valence-corrected chi connectivity index (χ0v) is 14.4. The predicted molar refractivity (Wildman–Crippen MR) is 91.6 cm³/mol. The number of nitrogens with zero attached hydrogens (tertiary/aromatic N) is 2. The van der Waals surface area contributed by atoms with E-state index >= 15 is 0 Å². The highest BCUT2D eigenvalue weighted by Crippen LogP contribution is 2.25. The van der Waals surface area contributed by atoms with Gasteiger partial charge in [0, 0.05) is 5.56 Å². The van der Waals surface area contributed by atoms with Crippen LogP contribution < -0.4 is 4.74 Å². The molecule has 0 bridgehead atoms. The predicted octanol–water partition coefficient (Wildman–Crippen LogP) is 4.32. The number of benzene rings is 2. The first-order valence-corrected chi connectivity index (χ1v) is 7.89. The SMILES string of the molecule is COc1ccc(-c2nnc(C(C)OC(=O)c3ccccc3Cl)o2)cc1. The molecule has 0 spiro atoms. The van der Waals surface area contributed by atoms with Crippen molar-refractivity contribution < 1.29 is 18.7 Å². The molecule has 128 valence electrons. The number of carbonyl (C=O) groups is 1. The molecule has 1 atom stereocenters. The Morgan fingerprint density at radius 3 is 2.52 bits per heavy atom. The largest absolute Gasteiger partial charge is 0.497 e. The van der Waals surface area contributed by atoms with Gasteiger partial charge in [0.25, 0.3) is 5.89 Å². The van der Waals surface area contributed by atoms with Crippen LogP contribution in [0.5, 0.6) is 5.75 Å². The van der Waals surface area contributed by atoms with Crippen molar-refractivity contribution in [2.45, 2.75) is 13.0 Å². The molecule has 3 rings (SSSR count). The molecule has 1 heterocycles. The Hall–Kier alpha value is -2.86. The first-order chi connectivity index (χ1) is 12.1. The third kappa shape index (κ3) is 3.80. The van der Waals surface area contributed by atoms with Gasteiger partial charge in [-0.2, -0.15) is 0 Å². The summed E-state index contributed by atoms with van der Waals surface area (Å²) in [6.07, 6.45) is -0.705. The average Bonchev–Trinajstić information content (AvgIpc) is 3.12. The Morgan fingerprint density at radius 1 is 1.12 bits per heavy atom. The molecule has 0 saturated heterocycles. The fourth-order valence-corrected chi connectivity index (χ4v) is 2.36. The van der Waals surface area contributed by atoms with E-state index in [1.165, 1.54) is 0 Å². The van der Waals surface area contributed by atoms with E-state index in [9.17, 15) is 4.79 Å². The molecule has 0 fully saturated rings. The van der Waals surface area contributed by atoms with E-state index in [-0.39, 0.29) is 11.5 Å². The monoisotopic (exact) mass is 358 g/mol. The summed E-state index contributed by atoms with van der Waals surface area (Å²) in [5, 5.41) is 8.26. The molecule has 0 aliphatic heterocycles. The van der Waals surface area contributed by atoms with Gasteiger partial charge in [-0.15, -0.1) is 10.2 Å². The molecule has 6 nitrogen and oxygen atoms in total. The topological polar surface area (TPSA) is 74.5 Å². The third-order valence-electron chi connectivity index (χ3n) is 3.50. The van der Waals surface area contributed by atoms with Gasteiger partial charge in [-0.25, -0.2) is 4.79 Å². The lowest BCUT2D eigenvalue weighted by atomic mass is 10.2. The van der Waals surface area contributed by atoms with E-state index in [2.05, 4.69) is 10.2 Å². The summed E-state index contributed by atoms with van der Waals surface area (Å²) in [6, 6.07) is 13.8. The van der Waals surface area contributed by atoms with Gasteiger partial charge in [0.1, 0.15) is 5.75 Å². The molecule has 0 N–H and O–H groups in total. The second kappa shape index (κ2) is 7.36. The van der Waals surface area contributed by atoms with Crippen LogP contribution in [0, 0.1) is 0 Å². The van der Waals surface area contributed by atoms with Crippen LogP contribution in [0.1, 0.15) is 29.3 Å². The second-order valence-corrected chi connectivity index (χ2v) is 5.61. The van der Waals surface area contributed by atoms with Crippen LogP contribution in [0.15, 0.2) is 52.9 Å². The van der Waals surface area contributed by atoms with Crippen LogP contribution in [0.3, 0.4) is 0 Å². The zero-order valence-electron chi connectivity index (χ0n) is 13.6. The smallest absolute Gasteiger partial charge is 0.340 e. The summed E-state index contributed by atoms with van der Waals surface area (Å²) in [6.45, 7) is 1.65. The molecule has 3 aromatic rings. The number of aromatic nitrogens is 2. The highest BCUT2D eigenvalue weighted by atomic mass is 35.5. The van der Waals surface area contributed by atoms with Crippen molar-refractivity contribution in [3.8, 4) is 17.2 Å². The van der Waals surface area contributed by atoms with E-state index in [1.807, 2.05) is 0 Å².